The molecule has 7 nitrogen and oxygen atoms in total. The van der Waals surface area contributed by atoms with E-state index in [9.17, 15) is 4.79 Å². The first-order valence-electron chi connectivity index (χ1n) is 5.76. The molecular formula is C12H8Cl2N6O. The second kappa shape index (κ2) is 5.19. The molecule has 0 spiro atoms. The van der Waals surface area contributed by atoms with Crippen LogP contribution in [0.3, 0.4) is 0 Å². The number of nitrogen functional groups attached to an aromatic ring is 1. The number of pyridine rings is 2. The molecule has 4 N–H and O–H groups in total. The fourth-order valence-corrected chi connectivity index (χ4v) is 2.29. The van der Waals surface area contributed by atoms with Gasteiger partial charge in [0.1, 0.15) is 16.9 Å². The number of carbonyl (C=O) groups is 1. The summed E-state index contributed by atoms with van der Waals surface area (Å²) in [4.78, 5) is 27.0. The molecule has 0 atom stereocenters. The van der Waals surface area contributed by atoms with E-state index in [0.29, 0.717) is 11.0 Å². The third-order valence-electron chi connectivity index (χ3n) is 2.82. The summed E-state index contributed by atoms with van der Waals surface area (Å²) >= 11 is 11.9. The van der Waals surface area contributed by atoms with Crippen molar-refractivity contribution in [2.75, 3.05) is 11.1 Å². The summed E-state index contributed by atoms with van der Waals surface area (Å²) in [5, 5.41) is 3.09. The SMILES string of the molecule is Nc1ncc(C(=O)Nc2c(Cl)cncc2Cl)c2nc[nH]c12. The summed E-state index contributed by atoms with van der Waals surface area (Å²) in [5.41, 5.74) is 7.15. The first-order chi connectivity index (χ1) is 10.1. The minimum atomic E-state index is -0.449. The third kappa shape index (κ3) is 2.37. The standard InChI is InChI=1S/C12H8Cl2N6O/c13-6-2-16-3-7(14)9(6)20-12(21)5-1-17-11(15)10-8(5)18-4-19-10/h1-4H,(H2,15,17)(H,18,19)(H,16,20,21). The number of hydrogen-bond donors (Lipinski definition) is 3. The van der Waals surface area contributed by atoms with Crippen LogP contribution >= 0.6 is 23.2 Å². The zero-order chi connectivity index (χ0) is 15.0. The molecule has 9 heteroatoms. The van der Waals surface area contributed by atoms with Crippen molar-refractivity contribution >= 4 is 51.6 Å². The lowest BCUT2D eigenvalue weighted by atomic mass is 10.2. The Balaban J connectivity index is 2.02. The first-order valence-corrected chi connectivity index (χ1v) is 6.51. The first kappa shape index (κ1) is 13.6. The molecule has 106 valence electrons. The van der Waals surface area contributed by atoms with Crippen LogP contribution in [0.4, 0.5) is 11.5 Å². The topological polar surface area (TPSA) is 110 Å². The highest BCUT2D eigenvalue weighted by Crippen LogP contribution is 2.29. The number of nitrogens with zero attached hydrogens (tertiary/aromatic N) is 3. The van der Waals surface area contributed by atoms with E-state index in [4.69, 9.17) is 28.9 Å². The van der Waals surface area contributed by atoms with Gasteiger partial charge in [0.2, 0.25) is 0 Å². The second-order valence-corrected chi connectivity index (χ2v) is 4.93. The van der Waals surface area contributed by atoms with Crippen LogP contribution in [0.25, 0.3) is 11.0 Å². The molecule has 0 bridgehead atoms. The molecule has 0 radical (unpaired) electrons. The van der Waals surface area contributed by atoms with Gasteiger partial charge in [-0.05, 0) is 0 Å². The van der Waals surface area contributed by atoms with Gasteiger partial charge in [-0.2, -0.15) is 0 Å². The Morgan fingerprint density at radius 3 is 2.62 bits per heavy atom. The number of aromatic amines is 1. The van der Waals surface area contributed by atoms with Crippen molar-refractivity contribution in [3.63, 3.8) is 0 Å². The van der Waals surface area contributed by atoms with Crippen LogP contribution in [0.5, 0.6) is 0 Å². The summed E-state index contributed by atoms with van der Waals surface area (Å²) in [5.74, 6) is -0.186. The maximum atomic E-state index is 12.4. The summed E-state index contributed by atoms with van der Waals surface area (Å²) < 4.78 is 0. The number of nitrogens with one attached hydrogen (secondary N) is 2. The summed E-state index contributed by atoms with van der Waals surface area (Å²) in [6.07, 6.45) is 5.55. The predicted octanol–water partition coefficient (Wildman–Crippen LogP) is 2.49. The average Bonchev–Trinajstić information content (AvgIpc) is 2.93. The monoisotopic (exact) mass is 322 g/mol. The number of H-pyrrole nitrogens is 1. The lowest BCUT2D eigenvalue weighted by molar-refractivity contribution is 0.102. The number of hydrogen-bond acceptors (Lipinski definition) is 5. The smallest absolute Gasteiger partial charge is 0.259 e. The second-order valence-electron chi connectivity index (χ2n) is 4.12. The molecule has 0 saturated carbocycles. The zero-order valence-corrected chi connectivity index (χ0v) is 11.9. The van der Waals surface area contributed by atoms with Crippen molar-refractivity contribution in [3.05, 3.63) is 40.5 Å². The van der Waals surface area contributed by atoms with E-state index in [2.05, 4.69) is 25.3 Å². The van der Waals surface area contributed by atoms with E-state index in [0.717, 1.165) is 0 Å². The van der Waals surface area contributed by atoms with E-state index in [1.165, 1.54) is 24.9 Å². The number of amides is 1. The summed E-state index contributed by atoms with van der Waals surface area (Å²) in [6, 6.07) is 0. The van der Waals surface area contributed by atoms with Crippen LogP contribution in [0.2, 0.25) is 10.0 Å². The molecule has 0 unspecified atom stereocenters. The van der Waals surface area contributed by atoms with Gasteiger partial charge in [0.25, 0.3) is 5.91 Å². The minimum absolute atomic E-state index is 0.234. The van der Waals surface area contributed by atoms with E-state index in [1.807, 2.05) is 0 Å². The third-order valence-corrected chi connectivity index (χ3v) is 3.39. The molecule has 0 saturated heterocycles. The van der Waals surface area contributed by atoms with Gasteiger partial charge in [0, 0.05) is 18.6 Å². The van der Waals surface area contributed by atoms with E-state index in [1.54, 1.807) is 0 Å². The molecule has 0 aromatic carbocycles. The fraction of sp³-hybridized carbons (Fsp3) is 0. The molecule has 3 aromatic heterocycles. The largest absolute Gasteiger partial charge is 0.382 e. The number of anilines is 2. The Hall–Kier alpha value is -2.38. The lowest BCUT2D eigenvalue weighted by Gasteiger charge is -2.09. The maximum Gasteiger partial charge on any atom is 0.259 e. The Morgan fingerprint density at radius 1 is 1.19 bits per heavy atom. The van der Waals surface area contributed by atoms with Crippen molar-refractivity contribution in [3.8, 4) is 0 Å². The molecule has 0 aliphatic carbocycles. The summed E-state index contributed by atoms with van der Waals surface area (Å²) in [7, 11) is 0. The number of fused-ring (bicyclic) bond motifs is 1. The number of aromatic nitrogens is 4. The normalized spacial score (nSPS) is 10.8. The highest BCUT2D eigenvalue weighted by Gasteiger charge is 2.17. The fourth-order valence-electron chi connectivity index (χ4n) is 1.83. The highest BCUT2D eigenvalue weighted by atomic mass is 35.5. The van der Waals surface area contributed by atoms with Gasteiger partial charge in [-0.3, -0.25) is 9.78 Å². The minimum Gasteiger partial charge on any atom is -0.382 e. The van der Waals surface area contributed by atoms with Crippen molar-refractivity contribution in [1.29, 1.82) is 0 Å². The van der Waals surface area contributed by atoms with Crippen LogP contribution in [0.15, 0.2) is 24.9 Å². The number of halogens is 2. The quantitative estimate of drug-likeness (QED) is 0.671. The number of imidazole rings is 1. The molecule has 3 rings (SSSR count). The van der Waals surface area contributed by atoms with Gasteiger partial charge in [-0.25, -0.2) is 9.97 Å². The Kier molecular flexibility index (Phi) is 3.36. The Labute approximate surface area is 128 Å². The molecule has 0 fully saturated rings. The molecule has 21 heavy (non-hydrogen) atoms. The average molecular weight is 323 g/mol. The molecule has 3 heterocycles. The molecule has 1 amide bonds. The van der Waals surface area contributed by atoms with Crippen LogP contribution in [-0.4, -0.2) is 25.8 Å². The number of rotatable bonds is 2. The lowest BCUT2D eigenvalue weighted by Crippen LogP contribution is -2.14. The number of carbonyl (C=O) groups excluding carboxylic acids is 1. The Morgan fingerprint density at radius 2 is 1.90 bits per heavy atom. The van der Waals surface area contributed by atoms with Gasteiger partial charge in [-0.15, -0.1) is 0 Å². The van der Waals surface area contributed by atoms with E-state index >= 15 is 0 Å². The molecule has 0 aliphatic rings. The number of nitrogens with two attached hydrogens (primary N) is 1. The molecule has 3 aromatic rings. The van der Waals surface area contributed by atoms with Gasteiger partial charge >= 0.3 is 0 Å². The van der Waals surface area contributed by atoms with Crippen molar-refractivity contribution in [2.24, 2.45) is 0 Å². The van der Waals surface area contributed by atoms with Gasteiger partial charge < -0.3 is 16.0 Å². The zero-order valence-electron chi connectivity index (χ0n) is 10.4. The molecule has 0 aliphatic heterocycles. The maximum absolute atomic E-state index is 12.4. The van der Waals surface area contributed by atoms with Crippen LogP contribution in [0.1, 0.15) is 10.4 Å². The summed E-state index contributed by atoms with van der Waals surface area (Å²) in [6.45, 7) is 0. The van der Waals surface area contributed by atoms with Crippen LogP contribution in [0, 0.1) is 0 Å². The van der Waals surface area contributed by atoms with Crippen LogP contribution in [-0.2, 0) is 0 Å². The van der Waals surface area contributed by atoms with Crippen molar-refractivity contribution in [2.45, 2.75) is 0 Å². The predicted molar refractivity (Wildman–Crippen MR) is 80.5 cm³/mol. The van der Waals surface area contributed by atoms with E-state index in [-0.39, 0.29) is 27.1 Å². The van der Waals surface area contributed by atoms with Gasteiger partial charge in [0.05, 0.1) is 27.6 Å². The van der Waals surface area contributed by atoms with Crippen molar-refractivity contribution in [1.82, 2.24) is 19.9 Å². The van der Waals surface area contributed by atoms with Gasteiger partial charge in [0.15, 0.2) is 0 Å². The van der Waals surface area contributed by atoms with E-state index < -0.39 is 5.91 Å². The Bertz CT molecular complexity index is 827. The highest BCUT2D eigenvalue weighted by molar-refractivity contribution is 6.39. The van der Waals surface area contributed by atoms with Crippen molar-refractivity contribution < 1.29 is 4.79 Å². The van der Waals surface area contributed by atoms with Gasteiger partial charge in [-0.1, -0.05) is 23.2 Å². The van der Waals surface area contributed by atoms with Crippen LogP contribution < -0.4 is 11.1 Å². The molecular weight excluding hydrogens is 315 g/mol.